The highest BCUT2D eigenvalue weighted by Gasteiger charge is 2.38. The second-order valence-electron chi connectivity index (χ2n) is 7.45. The van der Waals surface area contributed by atoms with Crippen LogP contribution in [0.25, 0.3) is 10.1 Å². The van der Waals surface area contributed by atoms with Gasteiger partial charge in [0.2, 0.25) is 0 Å². The van der Waals surface area contributed by atoms with Crippen LogP contribution < -0.4 is 0 Å². The van der Waals surface area contributed by atoms with Gasteiger partial charge in [0.15, 0.2) is 0 Å². The van der Waals surface area contributed by atoms with Crippen molar-refractivity contribution < 1.29 is 19.4 Å². The molecular weight excluding hydrogens is 338 g/mol. The summed E-state index contributed by atoms with van der Waals surface area (Å²) in [5.74, 6) is -1.56. The largest absolute Gasteiger partial charge is 0.481 e. The number of piperidine rings is 1. The number of carbonyl (C=O) groups is 2. The molecule has 1 aliphatic rings. The normalized spacial score (nSPS) is 21.3. The molecule has 0 saturated carbocycles. The van der Waals surface area contributed by atoms with Crippen molar-refractivity contribution in [2.24, 2.45) is 5.92 Å². The molecule has 0 bridgehead atoms. The van der Waals surface area contributed by atoms with E-state index < -0.39 is 23.6 Å². The smallest absolute Gasteiger partial charge is 0.410 e. The van der Waals surface area contributed by atoms with E-state index in [9.17, 15) is 14.7 Å². The zero-order valence-electron chi connectivity index (χ0n) is 14.7. The highest BCUT2D eigenvalue weighted by molar-refractivity contribution is 7.19. The molecule has 2 aromatic rings. The third kappa shape index (κ3) is 3.95. The number of hydrogen-bond donors (Lipinski definition) is 1. The van der Waals surface area contributed by atoms with Crippen LogP contribution in [-0.2, 0) is 9.53 Å². The predicted molar refractivity (Wildman–Crippen MR) is 98.1 cm³/mol. The van der Waals surface area contributed by atoms with Crippen LogP contribution in [0.15, 0.2) is 30.3 Å². The molecule has 1 aliphatic heterocycles. The number of hydrogen-bond acceptors (Lipinski definition) is 4. The average Bonchev–Trinajstić information content (AvgIpc) is 2.96. The second kappa shape index (κ2) is 6.67. The van der Waals surface area contributed by atoms with Gasteiger partial charge in [-0.05, 0) is 44.7 Å². The van der Waals surface area contributed by atoms with Crippen molar-refractivity contribution in [1.29, 1.82) is 0 Å². The molecule has 1 aromatic carbocycles. The number of benzene rings is 1. The molecular formula is C19H23NO4S. The molecule has 0 unspecified atom stereocenters. The molecule has 1 amide bonds. The van der Waals surface area contributed by atoms with E-state index in [1.807, 2.05) is 39.0 Å². The molecule has 0 aliphatic carbocycles. The topological polar surface area (TPSA) is 66.8 Å². The Balaban J connectivity index is 1.80. The van der Waals surface area contributed by atoms with E-state index in [4.69, 9.17) is 4.74 Å². The molecule has 1 fully saturated rings. The number of nitrogens with zero attached hydrogens (tertiary/aromatic N) is 1. The Hall–Kier alpha value is -2.08. The lowest BCUT2D eigenvalue weighted by atomic mass is 9.84. The number of rotatable bonds is 2. The lowest BCUT2D eigenvalue weighted by molar-refractivity contribution is -0.144. The first-order valence-electron chi connectivity index (χ1n) is 8.44. The third-order valence-electron chi connectivity index (χ3n) is 4.39. The molecule has 25 heavy (non-hydrogen) atoms. The van der Waals surface area contributed by atoms with Gasteiger partial charge < -0.3 is 14.7 Å². The zero-order valence-corrected chi connectivity index (χ0v) is 15.5. The summed E-state index contributed by atoms with van der Waals surface area (Å²) >= 11 is 1.65. The monoisotopic (exact) mass is 361 g/mol. The number of carboxylic acid groups (broad SMARTS) is 1. The zero-order chi connectivity index (χ0) is 18.2. The SMILES string of the molecule is CC(C)(C)OC(=O)N1CC[C@H](c2cc3ccccc3s2)[C@@H](C(=O)O)C1. The quantitative estimate of drug-likeness (QED) is 0.865. The Morgan fingerprint density at radius 2 is 2.00 bits per heavy atom. The fourth-order valence-corrected chi connectivity index (χ4v) is 4.49. The maximum Gasteiger partial charge on any atom is 0.410 e. The van der Waals surface area contributed by atoms with Gasteiger partial charge in [-0.15, -0.1) is 11.3 Å². The van der Waals surface area contributed by atoms with Crippen LogP contribution in [0.5, 0.6) is 0 Å². The van der Waals surface area contributed by atoms with Gasteiger partial charge in [-0.2, -0.15) is 0 Å². The minimum atomic E-state index is -0.865. The Kier molecular flexibility index (Phi) is 4.73. The Morgan fingerprint density at radius 1 is 1.28 bits per heavy atom. The molecule has 1 N–H and O–H groups in total. The van der Waals surface area contributed by atoms with Gasteiger partial charge in [0, 0.05) is 28.6 Å². The van der Waals surface area contributed by atoms with E-state index in [1.165, 1.54) is 4.90 Å². The Labute approximate surface area is 151 Å². The van der Waals surface area contributed by atoms with Crippen LogP contribution in [0, 0.1) is 5.92 Å². The summed E-state index contributed by atoms with van der Waals surface area (Å²) in [5, 5.41) is 10.8. The second-order valence-corrected chi connectivity index (χ2v) is 8.57. The molecule has 2 atom stereocenters. The number of ether oxygens (including phenoxy) is 1. The van der Waals surface area contributed by atoms with Crippen LogP contribution in [0.2, 0.25) is 0 Å². The average molecular weight is 361 g/mol. The van der Waals surface area contributed by atoms with Gasteiger partial charge in [0.05, 0.1) is 5.92 Å². The molecule has 5 nitrogen and oxygen atoms in total. The van der Waals surface area contributed by atoms with Crippen molar-refractivity contribution in [3.63, 3.8) is 0 Å². The third-order valence-corrected chi connectivity index (χ3v) is 5.64. The molecule has 0 spiro atoms. The van der Waals surface area contributed by atoms with Gasteiger partial charge in [0.1, 0.15) is 5.60 Å². The summed E-state index contributed by atoms with van der Waals surface area (Å²) in [6.45, 7) is 6.12. The van der Waals surface area contributed by atoms with Gasteiger partial charge in [-0.3, -0.25) is 4.79 Å². The number of fused-ring (bicyclic) bond motifs is 1. The summed E-state index contributed by atoms with van der Waals surface area (Å²) in [4.78, 5) is 26.7. The number of likely N-dealkylation sites (tertiary alicyclic amines) is 1. The van der Waals surface area contributed by atoms with E-state index in [0.717, 1.165) is 15.0 Å². The maximum atomic E-state index is 12.3. The minimum Gasteiger partial charge on any atom is -0.481 e. The fraction of sp³-hybridized carbons (Fsp3) is 0.474. The molecule has 6 heteroatoms. The van der Waals surface area contributed by atoms with E-state index in [2.05, 4.69) is 12.1 Å². The van der Waals surface area contributed by atoms with Crippen LogP contribution in [0.4, 0.5) is 4.79 Å². The number of aliphatic carboxylic acids is 1. The highest BCUT2D eigenvalue weighted by Crippen LogP contribution is 2.39. The van der Waals surface area contributed by atoms with Gasteiger partial charge in [-0.1, -0.05) is 18.2 Å². The fourth-order valence-electron chi connectivity index (χ4n) is 3.22. The van der Waals surface area contributed by atoms with Crippen LogP contribution in [0.3, 0.4) is 0 Å². The summed E-state index contributed by atoms with van der Waals surface area (Å²) in [6.07, 6.45) is 0.191. The predicted octanol–water partition coefficient (Wildman–Crippen LogP) is 4.33. The highest BCUT2D eigenvalue weighted by atomic mass is 32.1. The summed E-state index contributed by atoms with van der Waals surface area (Å²) in [6, 6.07) is 10.2. The molecule has 1 aromatic heterocycles. The maximum absolute atomic E-state index is 12.3. The first kappa shape index (κ1) is 17.7. The van der Waals surface area contributed by atoms with Crippen LogP contribution in [0.1, 0.15) is 38.0 Å². The van der Waals surface area contributed by atoms with Crippen LogP contribution >= 0.6 is 11.3 Å². The van der Waals surface area contributed by atoms with E-state index >= 15 is 0 Å². The van der Waals surface area contributed by atoms with Crippen molar-refractivity contribution in [1.82, 2.24) is 4.90 Å². The molecule has 2 heterocycles. The lowest BCUT2D eigenvalue weighted by Gasteiger charge is -2.36. The summed E-state index contributed by atoms with van der Waals surface area (Å²) < 4.78 is 6.55. The number of thiophene rings is 1. The van der Waals surface area contributed by atoms with Gasteiger partial charge in [-0.25, -0.2) is 4.79 Å². The molecule has 1 saturated heterocycles. The van der Waals surface area contributed by atoms with Crippen LogP contribution in [-0.4, -0.2) is 40.8 Å². The first-order chi connectivity index (χ1) is 11.7. The van der Waals surface area contributed by atoms with E-state index in [-0.39, 0.29) is 12.5 Å². The lowest BCUT2D eigenvalue weighted by Crippen LogP contribution is -2.47. The van der Waals surface area contributed by atoms with E-state index in [1.54, 1.807) is 11.3 Å². The van der Waals surface area contributed by atoms with Gasteiger partial charge in [0.25, 0.3) is 0 Å². The molecule has 0 radical (unpaired) electrons. The molecule has 3 rings (SSSR count). The van der Waals surface area contributed by atoms with Gasteiger partial charge >= 0.3 is 12.1 Å². The summed E-state index contributed by atoms with van der Waals surface area (Å²) in [7, 11) is 0. The standard InChI is InChI=1S/C19H23NO4S/c1-19(2,3)24-18(23)20-9-8-13(14(11-20)17(21)22)16-10-12-6-4-5-7-15(12)25-16/h4-7,10,13-14H,8-9,11H2,1-3H3,(H,21,22)/t13-,14-/m0/s1. The van der Waals surface area contributed by atoms with Crippen molar-refractivity contribution in [2.45, 2.75) is 38.7 Å². The summed E-state index contributed by atoms with van der Waals surface area (Å²) in [5.41, 5.74) is -0.585. The number of carboxylic acids is 1. The Morgan fingerprint density at radius 3 is 2.64 bits per heavy atom. The number of carbonyl (C=O) groups excluding carboxylic acids is 1. The van der Waals surface area contributed by atoms with Crippen molar-refractivity contribution in [3.8, 4) is 0 Å². The van der Waals surface area contributed by atoms with E-state index in [0.29, 0.717) is 13.0 Å². The molecule has 134 valence electrons. The number of amides is 1. The Bertz CT molecular complexity index is 759. The minimum absolute atomic E-state index is 0.0754. The van der Waals surface area contributed by atoms with Crippen molar-refractivity contribution >= 4 is 33.5 Å². The van der Waals surface area contributed by atoms with Crippen molar-refractivity contribution in [2.75, 3.05) is 13.1 Å². The first-order valence-corrected chi connectivity index (χ1v) is 9.25. The van der Waals surface area contributed by atoms with Crippen molar-refractivity contribution in [3.05, 3.63) is 35.2 Å².